The number of aliphatic hydroxyl groups is 1. The van der Waals surface area contributed by atoms with E-state index in [4.69, 9.17) is 9.72 Å². The predicted octanol–water partition coefficient (Wildman–Crippen LogP) is 2.75. The number of benzene rings is 1. The minimum Gasteiger partial charge on any atom is -0.481 e. The minimum atomic E-state index is -0.981. The molecule has 0 unspecified atom stereocenters. The van der Waals surface area contributed by atoms with Gasteiger partial charge in [-0.15, -0.1) is 0 Å². The Balaban J connectivity index is 1.70. The van der Waals surface area contributed by atoms with Crippen molar-refractivity contribution in [3.8, 4) is 11.4 Å². The molecule has 1 atom stereocenters. The number of hydrogen-bond acceptors (Lipinski definition) is 5. The fraction of sp³-hybridized carbons (Fsp3) is 0.458. The van der Waals surface area contributed by atoms with Gasteiger partial charge in [-0.25, -0.2) is 4.98 Å². The van der Waals surface area contributed by atoms with Crippen LogP contribution in [0, 0.1) is 18.8 Å². The van der Waals surface area contributed by atoms with Crippen molar-refractivity contribution in [3.63, 3.8) is 0 Å². The molecular weight excluding hydrogens is 410 g/mol. The summed E-state index contributed by atoms with van der Waals surface area (Å²) in [5.41, 5.74) is 4.21. The van der Waals surface area contributed by atoms with Gasteiger partial charge in [0.15, 0.2) is 0 Å². The van der Waals surface area contributed by atoms with Gasteiger partial charge in [-0.05, 0) is 62.3 Å². The quantitative estimate of drug-likeness (QED) is 0.497. The molecule has 2 aromatic heterocycles. The van der Waals surface area contributed by atoms with Crippen LogP contribution in [0.25, 0.3) is 22.4 Å². The first-order valence-corrected chi connectivity index (χ1v) is 11.1. The van der Waals surface area contributed by atoms with Gasteiger partial charge in [0, 0.05) is 37.1 Å². The molecule has 4 rings (SSSR count). The summed E-state index contributed by atoms with van der Waals surface area (Å²) in [5, 5.41) is 18.5. The van der Waals surface area contributed by atoms with E-state index in [2.05, 4.69) is 9.55 Å². The molecule has 1 saturated heterocycles. The van der Waals surface area contributed by atoms with E-state index in [-0.39, 0.29) is 12.2 Å². The van der Waals surface area contributed by atoms with Crippen molar-refractivity contribution in [2.24, 2.45) is 11.8 Å². The molecule has 0 bridgehead atoms. The highest BCUT2D eigenvalue weighted by Crippen LogP contribution is 2.29. The highest BCUT2D eigenvalue weighted by Gasteiger charge is 2.21. The number of pyridine rings is 1. The number of rotatable bonds is 8. The molecule has 3 N–H and O–H groups in total. The topological polar surface area (TPSA) is 117 Å². The van der Waals surface area contributed by atoms with Gasteiger partial charge in [-0.2, -0.15) is 0 Å². The number of H-pyrrole nitrogens is 1. The van der Waals surface area contributed by atoms with Crippen LogP contribution < -0.4 is 5.56 Å². The maximum atomic E-state index is 11.9. The lowest BCUT2D eigenvalue weighted by Crippen LogP contribution is -2.21. The van der Waals surface area contributed by atoms with Gasteiger partial charge in [-0.1, -0.05) is 6.07 Å². The summed E-state index contributed by atoms with van der Waals surface area (Å²) in [5.74, 6) is -0.451. The van der Waals surface area contributed by atoms with Gasteiger partial charge < -0.3 is 24.5 Å². The van der Waals surface area contributed by atoms with Crippen molar-refractivity contribution in [2.75, 3.05) is 19.8 Å². The average Bonchev–Trinajstić information content (AvgIpc) is 3.14. The molecular formula is C24H29N3O5. The molecule has 1 fully saturated rings. The van der Waals surface area contributed by atoms with Crippen LogP contribution in [-0.4, -0.2) is 50.5 Å². The zero-order valence-electron chi connectivity index (χ0n) is 18.2. The normalized spacial score (nSPS) is 15.8. The molecule has 0 spiro atoms. The fourth-order valence-corrected chi connectivity index (χ4v) is 4.28. The zero-order chi connectivity index (χ0) is 22.7. The maximum absolute atomic E-state index is 11.9. The third kappa shape index (κ3) is 4.76. The lowest BCUT2D eigenvalue weighted by atomic mass is 9.99. The number of aromatic amines is 1. The van der Waals surface area contributed by atoms with E-state index in [9.17, 15) is 19.8 Å². The molecule has 0 aliphatic carbocycles. The summed E-state index contributed by atoms with van der Waals surface area (Å²) >= 11 is 0. The van der Waals surface area contributed by atoms with E-state index >= 15 is 0 Å². The molecule has 170 valence electrons. The molecule has 8 nitrogen and oxygen atoms in total. The van der Waals surface area contributed by atoms with Crippen molar-refractivity contribution in [3.05, 3.63) is 51.9 Å². The van der Waals surface area contributed by atoms with E-state index < -0.39 is 11.9 Å². The molecule has 32 heavy (non-hydrogen) atoms. The molecule has 0 saturated carbocycles. The molecule has 3 aromatic rings. The van der Waals surface area contributed by atoms with Crippen LogP contribution in [0.2, 0.25) is 0 Å². The lowest BCUT2D eigenvalue weighted by molar-refractivity contribution is -0.143. The lowest BCUT2D eigenvalue weighted by Gasteiger charge is -2.23. The van der Waals surface area contributed by atoms with Crippen LogP contribution in [0.3, 0.4) is 0 Å². The monoisotopic (exact) mass is 439 g/mol. The van der Waals surface area contributed by atoms with Crippen LogP contribution in [0.1, 0.15) is 30.4 Å². The number of carboxylic acid groups (broad SMARTS) is 1. The standard InChI is InChI=1S/C24H29N3O5/c1-15-10-19(12-25-23(15)29)22-26-20-11-16(2-4-18(14-28)24(30)31)3-5-21(20)27(22)13-17-6-8-32-9-7-17/h3,5,10-12,17-18,28H,2,4,6-9,13-14H2,1H3,(H,25,29)(H,30,31)/t18-/m0/s1. The Morgan fingerprint density at radius 2 is 2.09 bits per heavy atom. The predicted molar refractivity (Wildman–Crippen MR) is 121 cm³/mol. The Kier molecular flexibility index (Phi) is 6.72. The molecule has 1 aliphatic rings. The second-order valence-corrected chi connectivity index (χ2v) is 8.58. The fourth-order valence-electron chi connectivity index (χ4n) is 4.28. The summed E-state index contributed by atoms with van der Waals surface area (Å²) in [4.78, 5) is 30.8. The number of hydrogen-bond donors (Lipinski definition) is 3. The Labute approximate surface area is 185 Å². The highest BCUT2D eigenvalue weighted by molar-refractivity contribution is 5.81. The smallest absolute Gasteiger partial charge is 0.308 e. The van der Waals surface area contributed by atoms with Gasteiger partial charge in [0.1, 0.15) is 5.82 Å². The first-order valence-electron chi connectivity index (χ1n) is 11.1. The second kappa shape index (κ2) is 9.67. The molecule has 8 heteroatoms. The van der Waals surface area contributed by atoms with Crippen LogP contribution in [0.15, 0.2) is 35.3 Å². The van der Waals surface area contributed by atoms with Crippen molar-refractivity contribution in [1.29, 1.82) is 0 Å². The second-order valence-electron chi connectivity index (χ2n) is 8.58. The SMILES string of the molecule is Cc1cc(-c2nc3cc(CC[C@@H](CO)C(=O)O)ccc3n2CC2CCOCC2)c[nH]c1=O. The number of ether oxygens (including phenoxy) is 1. The third-order valence-electron chi connectivity index (χ3n) is 6.29. The molecule has 1 aliphatic heterocycles. The number of carbonyl (C=O) groups is 1. The summed E-state index contributed by atoms with van der Waals surface area (Å²) in [6, 6.07) is 7.89. The molecule has 0 radical (unpaired) electrons. The van der Waals surface area contributed by atoms with E-state index in [1.807, 2.05) is 24.3 Å². The Bertz CT molecular complexity index is 1160. The van der Waals surface area contributed by atoms with E-state index in [0.717, 1.165) is 60.6 Å². The van der Waals surface area contributed by atoms with Gasteiger partial charge in [0.25, 0.3) is 5.56 Å². The number of imidazole rings is 1. The number of fused-ring (bicyclic) bond motifs is 1. The third-order valence-corrected chi connectivity index (χ3v) is 6.29. The molecule has 3 heterocycles. The van der Waals surface area contributed by atoms with E-state index in [0.29, 0.717) is 24.3 Å². The van der Waals surface area contributed by atoms with Gasteiger partial charge in [0.05, 0.1) is 23.6 Å². The van der Waals surface area contributed by atoms with Gasteiger partial charge in [0.2, 0.25) is 0 Å². The van der Waals surface area contributed by atoms with Crippen molar-refractivity contribution in [1.82, 2.24) is 14.5 Å². The van der Waals surface area contributed by atoms with Crippen molar-refractivity contribution >= 4 is 17.0 Å². The number of aryl methyl sites for hydroxylation is 2. The number of carboxylic acids is 1. The molecule has 1 aromatic carbocycles. The number of nitrogens with zero attached hydrogens (tertiary/aromatic N) is 2. The largest absolute Gasteiger partial charge is 0.481 e. The summed E-state index contributed by atoms with van der Waals surface area (Å²) in [6.07, 6.45) is 4.62. The van der Waals surface area contributed by atoms with Gasteiger partial charge >= 0.3 is 5.97 Å². The van der Waals surface area contributed by atoms with Crippen molar-refractivity contribution < 1.29 is 19.7 Å². The van der Waals surface area contributed by atoms with Crippen LogP contribution >= 0.6 is 0 Å². The Hall–Kier alpha value is -2.97. The van der Waals surface area contributed by atoms with Crippen LogP contribution in [-0.2, 0) is 22.5 Å². The Morgan fingerprint density at radius 1 is 1.31 bits per heavy atom. The number of aliphatic carboxylic acids is 1. The Morgan fingerprint density at radius 3 is 2.78 bits per heavy atom. The van der Waals surface area contributed by atoms with Gasteiger partial charge in [-0.3, -0.25) is 9.59 Å². The number of aliphatic hydroxyl groups excluding tert-OH is 1. The average molecular weight is 440 g/mol. The van der Waals surface area contributed by atoms with Crippen LogP contribution in [0.5, 0.6) is 0 Å². The van der Waals surface area contributed by atoms with E-state index in [1.54, 1.807) is 13.1 Å². The van der Waals surface area contributed by atoms with E-state index in [1.165, 1.54) is 0 Å². The number of nitrogens with one attached hydrogen (secondary N) is 1. The minimum absolute atomic E-state index is 0.111. The summed E-state index contributed by atoms with van der Waals surface area (Å²) < 4.78 is 7.73. The first kappa shape index (κ1) is 22.2. The summed E-state index contributed by atoms with van der Waals surface area (Å²) in [6.45, 7) is 3.77. The summed E-state index contributed by atoms with van der Waals surface area (Å²) in [7, 11) is 0. The van der Waals surface area contributed by atoms with Crippen molar-refractivity contribution in [2.45, 2.75) is 39.2 Å². The van der Waals surface area contributed by atoms with Crippen LogP contribution in [0.4, 0.5) is 0 Å². The molecule has 0 amide bonds. The highest BCUT2D eigenvalue weighted by atomic mass is 16.5. The first-order chi connectivity index (χ1) is 15.5. The zero-order valence-corrected chi connectivity index (χ0v) is 18.2. The number of aromatic nitrogens is 3. The maximum Gasteiger partial charge on any atom is 0.308 e.